The second kappa shape index (κ2) is 7.02. The molecule has 0 spiro atoms. The fourth-order valence-corrected chi connectivity index (χ4v) is 4.71. The molecule has 4 rings (SSSR count). The summed E-state index contributed by atoms with van der Waals surface area (Å²) in [4.78, 5) is 17.0. The molecule has 0 N–H and O–H groups in total. The van der Waals surface area contributed by atoms with Crippen molar-refractivity contribution in [1.82, 2.24) is 9.80 Å². The van der Waals surface area contributed by atoms with Crippen LogP contribution in [0.5, 0.6) is 0 Å². The number of alkyl halides is 2. The van der Waals surface area contributed by atoms with Crippen LogP contribution in [0.1, 0.15) is 30.4 Å². The fourth-order valence-electron chi connectivity index (χ4n) is 4.71. The summed E-state index contributed by atoms with van der Waals surface area (Å²) in [6, 6.07) is 5.03. The van der Waals surface area contributed by atoms with Crippen molar-refractivity contribution in [2.75, 3.05) is 44.2 Å². The normalized spacial score (nSPS) is 26.1. The number of carbonyl (C=O) groups is 1. The van der Waals surface area contributed by atoms with E-state index >= 15 is 0 Å². The molecule has 3 heterocycles. The number of carbonyl (C=O) groups excluding carboxylic acids is 1. The van der Waals surface area contributed by atoms with Crippen molar-refractivity contribution in [1.29, 1.82) is 0 Å². The quantitative estimate of drug-likeness (QED) is 0.819. The van der Waals surface area contributed by atoms with E-state index in [1.54, 1.807) is 6.07 Å². The topological polar surface area (TPSA) is 49.9 Å². The molecule has 3 aliphatic rings. The van der Waals surface area contributed by atoms with Gasteiger partial charge in [0.2, 0.25) is 0 Å². The Balaban J connectivity index is 1.48. The molecule has 1 amide bonds. The van der Waals surface area contributed by atoms with E-state index in [9.17, 15) is 18.7 Å². The van der Waals surface area contributed by atoms with Crippen molar-refractivity contribution < 1.29 is 18.7 Å². The van der Waals surface area contributed by atoms with Crippen molar-refractivity contribution in [3.63, 3.8) is 0 Å². The zero-order chi connectivity index (χ0) is 18.3. The van der Waals surface area contributed by atoms with Crippen LogP contribution in [0.2, 0.25) is 0 Å². The van der Waals surface area contributed by atoms with E-state index in [1.807, 2.05) is 6.07 Å². The van der Waals surface area contributed by atoms with Gasteiger partial charge in [-0.25, -0.2) is 8.78 Å². The SMILES string of the molecule is O=C([O-])N1CC2CN(Cc3ccc(C(F)F)cc3N3CCCC3)CC2C1. The molecule has 0 bridgehead atoms. The number of hydrogen-bond acceptors (Lipinski definition) is 4. The first-order valence-corrected chi connectivity index (χ1v) is 9.35. The van der Waals surface area contributed by atoms with E-state index in [-0.39, 0.29) is 5.56 Å². The molecule has 0 aliphatic carbocycles. The lowest BCUT2D eigenvalue weighted by molar-refractivity contribution is -0.264. The van der Waals surface area contributed by atoms with Crippen molar-refractivity contribution >= 4 is 11.8 Å². The molecule has 5 nitrogen and oxygen atoms in total. The number of anilines is 1. The van der Waals surface area contributed by atoms with Crippen molar-refractivity contribution in [2.24, 2.45) is 11.8 Å². The van der Waals surface area contributed by atoms with E-state index in [0.717, 1.165) is 56.8 Å². The van der Waals surface area contributed by atoms with Crippen LogP contribution < -0.4 is 10.0 Å². The molecule has 0 radical (unpaired) electrons. The van der Waals surface area contributed by atoms with E-state index < -0.39 is 12.5 Å². The second-order valence-electron chi connectivity index (χ2n) is 7.77. The van der Waals surface area contributed by atoms with Gasteiger partial charge in [-0.15, -0.1) is 0 Å². The first-order valence-electron chi connectivity index (χ1n) is 9.35. The Morgan fingerprint density at radius 1 is 1.12 bits per heavy atom. The number of rotatable bonds is 4. The summed E-state index contributed by atoms with van der Waals surface area (Å²) in [6.07, 6.45) is -1.33. The third-order valence-corrected chi connectivity index (χ3v) is 6.02. The van der Waals surface area contributed by atoms with Gasteiger partial charge in [-0.05, 0) is 36.3 Å². The molecule has 2 atom stereocenters. The maximum absolute atomic E-state index is 13.1. The molecule has 26 heavy (non-hydrogen) atoms. The predicted molar refractivity (Wildman–Crippen MR) is 92.1 cm³/mol. The smallest absolute Gasteiger partial charge is 0.263 e. The number of amides is 1. The van der Waals surface area contributed by atoms with Crippen molar-refractivity contribution in [3.05, 3.63) is 29.3 Å². The van der Waals surface area contributed by atoms with E-state index in [2.05, 4.69) is 9.80 Å². The monoisotopic (exact) mass is 364 g/mol. The van der Waals surface area contributed by atoms with Gasteiger partial charge >= 0.3 is 0 Å². The highest BCUT2D eigenvalue weighted by Gasteiger charge is 2.40. The Hall–Kier alpha value is -1.89. The van der Waals surface area contributed by atoms with Gasteiger partial charge in [0.1, 0.15) is 6.09 Å². The second-order valence-corrected chi connectivity index (χ2v) is 7.77. The molecule has 3 aliphatic heterocycles. The molecule has 1 aromatic rings. The van der Waals surface area contributed by atoms with Gasteiger partial charge in [-0.3, -0.25) is 4.90 Å². The molecule has 0 saturated carbocycles. The Kier molecular flexibility index (Phi) is 4.73. The highest BCUT2D eigenvalue weighted by molar-refractivity contribution is 5.63. The number of likely N-dealkylation sites (tertiary alicyclic amines) is 2. The van der Waals surface area contributed by atoms with Crippen molar-refractivity contribution in [2.45, 2.75) is 25.8 Å². The average molecular weight is 364 g/mol. The summed E-state index contributed by atoms with van der Waals surface area (Å²) in [5.74, 6) is 0.701. The van der Waals surface area contributed by atoms with Gasteiger partial charge in [0.05, 0.1) is 0 Å². The summed E-state index contributed by atoms with van der Waals surface area (Å²) in [7, 11) is 0. The maximum Gasteiger partial charge on any atom is 0.263 e. The van der Waals surface area contributed by atoms with Crippen LogP contribution in [0, 0.1) is 11.8 Å². The lowest BCUT2D eigenvalue weighted by Gasteiger charge is -2.26. The fraction of sp³-hybridized carbons (Fsp3) is 0.632. The predicted octanol–water partition coefficient (Wildman–Crippen LogP) is 1.93. The summed E-state index contributed by atoms with van der Waals surface area (Å²) < 4.78 is 26.3. The number of hydrogen-bond donors (Lipinski definition) is 0. The first kappa shape index (κ1) is 17.5. The first-order chi connectivity index (χ1) is 12.5. The third-order valence-electron chi connectivity index (χ3n) is 6.02. The molecular weight excluding hydrogens is 340 g/mol. The molecule has 3 fully saturated rings. The number of carboxylic acid groups (broad SMARTS) is 1. The van der Waals surface area contributed by atoms with Gasteiger partial charge in [-0.2, -0.15) is 0 Å². The molecule has 1 aromatic carbocycles. The standard InChI is InChI=1S/C19H25F2N3O2/c20-18(21)13-3-4-14(17(7-13)23-5-1-2-6-23)8-22-9-15-11-24(19(25)26)12-16(15)10-22/h3-4,7,15-16,18H,1-2,5-6,8-12H2,(H,25,26)/p-1. The largest absolute Gasteiger partial charge is 0.530 e. The minimum absolute atomic E-state index is 0.0820. The number of nitrogens with zero attached hydrogens (tertiary/aromatic N) is 3. The van der Waals surface area contributed by atoms with E-state index in [4.69, 9.17) is 0 Å². The lowest BCUT2D eigenvalue weighted by Crippen LogP contribution is -2.41. The molecule has 7 heteroatoms. The summed E-state index contributed by atoms with van der Waals surface area (Å²) >= 11 is 0. The average Bonchev–Trinajstić information content (AvgIpc) is 3.30. The van der Waals surface area contributed by atoms with Crippen LogP contribution in [0.3, 0.4) is 0 Å². The summed E-state index contributed by atoms with van der Waals surface area (Å²) in [5, 5.41) is 11.0. The van der Waals surface area contributed by atoms with Crippen LogP contribution in [-0.4, -0.2) is 55.2 Å². The van der Waals surface area contributed by atoms with Gasteiger partial charge in [-0.1, -0.05) is 12.1 Å². The van der Waals surface area contributed by atoms with Gasteiger partial charge in [0.25, 0.3) is 6.43 Å². The Labute approximate surface area is 152 Å². The summed E-state index contributed by atoms with van der Waals surface area (Å²) in [5.41, 5.74) is 2.11. The third kappa shape index (κ3) is 3.37. The minimum atomic E-state index is -2.45. The maximum atomic E-state index is 13.1. The van der Waals surface area contributed by atoms with Crippen LogP contribution in [0.15, 0.2) is 18.2 Å². The highest BCUT2D eigenvalue weighted by atomic mass is 19.3. The number of halogens is 2. The van der Waals surface area contributed by atoms with Gasteiger partial charge in [0, 0.05) is 57.1 Å². The van der Waals surface area contributed by atoms with Crippen LogP contribution >= 0.6 is 0 Å². The molecule has 3 saturated heterocycles. The molecule has 0 aromatic heterocycles. The van der Waals surface area contributed by atoms with Crippen LogP contribution in [0.4, 0.5) is 19.3 Å². The Morgan fingerprint density at radius 2 is 1.77 bits per heavy atom. The molecular formula is C19H24F2N3O2-. The molecule has 2 unspecified atom stereocenters. The Bertz CT molecular complexity index is 665. The van der Waals surface area contributed by atoms with Gasteiger partial charge < -0.3 is 19.7 Å². The van der Waals surface area contributed by atoms with E-state index in [1.165, 1.54) is 11.0 Å². The Morgan fingerprint density at radius 3 is 2.35 bits per heavy atom. The zero-order valence-corrected chi connectivity index (χ0v) is 14.7. The number of fused-ring (bicyclic) bond motifs is 1. The van der Waals surface area contributed by atoms with Crippen molar-refractivity contribution in [3.8, 4) is 0 Å². The molecule has 142 valence electrons. The van der Waals surface area contributed by atoms with Crippen LogP contribution in [0.25, 0.3) is 0 Å². The lowest BCUT2D eigenvalue weighted by atomic mass is 10.0. The minimum Gasteiger partial charge on any atom is -0.530 e. The van der Waals surface area contributed by atoms with E-state index in [0.29, 0.717) is 24.9 Å². The van der Waals surface area contributed by atoms with Crippen LogP contribution in [-0.2, 0) is 6.54 Å². The number of benzene rings is 1. The highest BCUT2D eigenvalue weighted by Crippen LogP contribution is 2.35. The zero-order valence-electron chi connectivity index (χ0n) is 14.7. The van der Waals surface area contributed by atoms with Gasteiger partial charge in [0.15, 0.2) is 0 Å². The summed E-state index contributed by atoms with van der Waals surface area (Å²) in [6.45, 7) is 5.37.